The van der Waals surface area contributed by atoms with E-state index in [1.165, 1.54) is 193 Å². The van der Waals surface area contributed by atoms with Crippen LogP contribution >= 0.6 is 7.82 Å². The minimum absolute atomic E-state index is 0.0370. The van der Waals surface area contributed by atoms with Crippen molar-refractivity contribution in [2.75, 3.05) is 47.5 Å². The molecule has 0 aromatic heterocycles. The van der Waals surface area contributed by atoms with Crippen LogP contribution in [0.5, 0.6) is 0 Å². The van der Waals surface area contributed by atoms with Crippen molar-refractivity contribution in [2.24, 2.45) is 0 Å². The van der Waals surface area contributed by atoms with Crippen LogP contribution in [0.15, 0.2) is 0 Å². The molecular formula is C50H101NO8P+. The van der Waals surface area contributed by atoms with Gasteiger partial charge in [-0.1, -0.05) is 232 Å². The highest BCUT2D eigenvalue weighted by Gasteiger charge is 2.27. The van der Waals surface area contributed by atoms with Gasteiger partial charge in [0.2, 0.25) is 0 Å². The summed E-state index contributed by atoms with van der Waals surface area (Å²) in [5.41, 5.74) is 0. The van der Waals surface area contributed by atoms with Gasteiger partial charge in [-0.05, 0) is 12.8 Å². The Kier molecular flexibility index (Phi) is 42.6. The van der Waals surface area contributed by atoms with Gasteiger partial charge >= 0.3 is 19.8 Å². The summed E-state index contributed by atoms with van der Waals surface area (Å²) in [7, 11) is 1.50. The third-order valence-electron chi connectivity index (χ3n) is 11.6. The van der Waals surface area contributed by atoms with Crippen molar-refractivity contribution >= 4 is 19.8 Å². The molecule has 0 rings (SSSR count). The van der Waals surface area contributed by atoms with Crippen LogP contribution in [0.25, 0.3) is 0 Å². The number of esters is 2. The monoisotopic (exact) mass is 875 g/mol. The number of carbonyl (C=O) groups excluding carboxylic acids is 2. The molecule has 0 fully saturated rings. The number of ether oxygens (including phenoxy) is 2. The number of nitrogens with zero attached hydrogens (tertiary/aromatic N) is 1. The average Bonchev–Trinajstić information content (AvgIpc) is 3.20. The molecule has 0 aromatic rings. The van der Waals surface area contributed by atoms with Crippen molar-refractivity contribution in [1.82, 2.24) is 0 Å². The van der Waals surface area contributed by atoms with Crippen molar-refractivity contribution in [3.8, 4) is 0 Å². The average molecular weight is 875 g/mol. The van der Waals surface area contributed by atoms with Crippen molar-refractivity contribution in [2.45, 2.75) is 264 Å². The lowest BCUT2D eigenvalue weighted by atomic mass is 10.0. The number of hydrogen-bond acceptors (Lipinski definition) is 7. The van der Waals surface area contributed by atoms with Crippen LogP contribution in [-0.4, -0.2) is 74.9 Å². The molecule has 0 aliphatic rings. The van der Waals surface area contributed by atoms with Crippen LogP contribution < -0.4 is 0 Å². The largest absolute Gasteiger partial charge is 0.472 e. The molecule has 0 saturated carbocycles. The van der Waals surface area contributed by atoms with Gasteiger partial charge < -0.3 is 18.9 Å². The predicted octanol–water partition coefficient (Wildman–Crippen LogP) is 15.1. The summed E-state index contributed by atoms with van der Waals surface area (Å²) in [6.45, 7) is 4.48. The van der Waals surface area contributed by atoms with E-state index in [0.29, 0.717) is 17.4 Å². The van der Waals surface area contributed by atoms with E-state index in [0.717, 1.165) is 38.5 Å². The molecule has 60 heavy (non-hydrogen) atoms. The molecule has 0 radical (unpaired) electrons. The fraction of sp³-hybridized carbons (Fsp3) is 0.960. The van der Waals surface area contributed by atoms with Gasteiger partial charge in [0.25, 0.3) is 0 Å². The van der Waals surface area contributed by atoms with E-state index in [1.807, 2.05) is 21.1 Å². The van der Waals surface area contributed by atoms with Gasteiger partial charge in [-0.25, -0.2) is 4.57 Å². The predicted molar refractivity (Wildman–Crippen MR) is 252 cm³/mol. The number of hydrogen-bond donors (Lipinski definition) is 1. The van der Waals surface area contributed by atoms with Gasteiger partial charge in [0.1, 0.15) is 19.8 Å². The Hall–Kier alpha value is -0.990. The number of carbonyl (C=O) groups is 2. The molecule has 0 aromatic carbocycles. The van der Waals surface area contributed by atoms with Crippen molar-refractivity contribution in [3.05, 3.63) is 0 Å². The quantitative estimate of drug-likeness (QED) is 0.0279. The number of rotatable bonds is 48. The Morgan fingerprint density at radius 3 is 1.07 bits per heavy atom. The highest BCUT2D eigenvalue weighted by Crippen LogP contribution is 2.43. The molecule has 0 aliphatic heterocycles. The van der Waals surface area contributed by atoms with E-state index in [1.54, 1.807) is 0 Å². The topological polar surface area (TPSA) is 108 Å². The van der Waals surface area contributed by atoms with Crippen molar-refractivity contribution < 1.29 is 42.1 Å². The lowest BCUT2D eigenvalue weighted by Gasteiger charge is -2.24. The van der Waals surface area contributed by atoms with Crippen LogP contribution in [-0.2, 0) is 32.7 Å². The van der Waals surface area contributed by atoms with Gasteiger partial charge in [0.15, 0.2) is 6.10 Å². The van der Waals surface area contributed by atoms with Crippen molar-refractivity contribution in [1.29, 1.82) is 0 Å². The molecule has 9 nitrogen and oxygen atoms in total. The SMILES string of the molecule is CCCCCCCCCCCCCCCCCCCCCCCCCC(=O)OC[C@@H](COP(=O)(O)OCC[N+](C)(C)C)OC(=O)CCCCCCCCCCCCCCC. The van der Waals surface area contributed by atoms with Gasteiger partial charge in [0.05, 0.1) is 27.7 Å². The number of unbranched alkanes of at least 4 members (excludes halogenated alkanes) is 34. The molecule has 1 unspecified atom stereocenters. The van der Waals surface area contributed by atoms with E-state index in [2.05, 4.69) is 13.8 Å². The van der Waals surface area contributed by atoms with Gasteiger partial charge in [-0.3, -0.25) is 18.6 Å². The Balaban J connectivity index is 4.12. The molecular weight excluding hydrogens is 774 g/mol. The fourth-order valence-electron chi connectivity index (χ4n) is 7.61. The second-order valence-electron chi connectivity index (χ2n) is 18.9. The third kappa shape index (κ3) is 46.5. The minimum Gasteiger partial charge on any atom is -0.462 e. The van der Waals surface area contributed by atoms with Crippen LogP contribution in [0.4, 0.5) is 0 Å². The van der Waals surface area contributed by atoms with E-state index >= 15 is 0 Å². The molecule has 0 bridgehead atoms. The Bertz CT molecular complexity index is 990. The van der Waals surface area contributed by atoms with E-state index in [-0.39, 0.29) is 25.6 Å². The zero-order chi connectivity index (χ0) is 44.3. The molecule has 1 N–H and O–H groups in total. The maximum absolute atomic E-state index is 12.7. The summed E-state index contributed by atoms with van der Waals surface area (Å²) in [5.74, 6) is -0.779. The highest BCUT2D eigenvalue weighted by atomic mass is 31.2. The molecule has 0 spiro atoms. The Morgan fingerprint density at radius 1 is 0.450 bits per heavy atom. The minimum atomic E-state index is -4.37. The fourth-order valence-corrected chi connectivity index (χ4v) is 8.35. The summed E-state index contributed by atoms with van der Waals surface area (Å²) in [4.78, 5) is 35.5. The maximum atomic E-state index is 12.7. The third-order valence-corrected chi connectivity index (χ3v) is 12.6. The maximum Gasteiger partial charge on any atom is 0.472 e. The molecule has 0 heterocycles. The molecule has 2 atom stereocenters. The zero-order valence-corrected chi connectivity index (χ0v) is 41.4. The van der Waals surface area contributed by atoms with E-state index in [9.17, 15) is 19.0 Å². The molecule has 0 aliphatic carbocycles. The summed E-state index contributed by atoms with van der Waals surface area (Å²) in [5, 5.41) is 0. The Morgan fingerprint density at radius 2 is 0.750 bits per heavy atom. The summed E-state index contributed by atoms with van der Waals surface area (Å²) >= 11 is 0. The van der Waals surface area contributed by atoms with Crippen LogP contribution in [0.3, 0.4) is 0 Å². The second-order valence-corrected chi connectivity index (χ2v) is 20.4. The summed E-state index contributed by atoms with van der Waals surface area (Å²) in [6, 6.07) is 0. The molecule has 10 heteroatoms. The Labute approximate surface area is 372 Å². The van der Waals surface area contributed by atoms with Crippen LogP contribution in [0.1, 0.15) is 258 Å². The first kappa shape index (κ1) is 59.0. The lowest BCUT2D eigenvalue weighted by Crippen LogP contribution is -2.37. The first-order chi connectivity index (χ1) is 29.0. The standard InChI is InChI=1S/C50H100NO8P/c1-6-8-10-12-14-16-18-20-21-22-23-24-25-26-27-28-29-31-32-34-36-38-40-42-49(52)56-46-48(47-58-60(54,55)57-45-44-51(3,4)5)59-50(53)43-41-39-37-35-33-30-19-17-15-13-11-9-7-2/h48H,6-47H2,1-5H3/p+1/t48-/m0/s1. The molecule has 358 valence electrons. The smallest absolute Gasteiger partial charge is 0.462 e. The number of quaternary nitrogens is 1. The van der Waals surface area contributed by atoms with Crippen LogP contribution in [0, 0.1) is 0 Å². The lowest BCUT2D eigenvalue weighted by molar-refractivity contribution is -0.870. The number of phosphoric acid groups is 1. The van der Waals surface area contributed by atoms with E-state index in [4.69, 9.17) is 18.5 Å². The van der Waals surface area contributed by atoms with Crippen molar-refractivity contribution in [3.63, 3.8) is 0 Å². The van der Waals surface area contributed by atoms with Gasteiger partial charge in [-0.15, -0.1) is 0 Å². The highest BCUT2D eigenvalue weighted by molar-refractivity contribution is 7.47. The second kappa shape index (κ2) is 43.3. The van der Waals surface area contributed by atoms with Gasteiger partial charge in [-0.2, -0.15) is 0 Å². The first-order valence-corrected chi connectivity index (χ1v) is 27.3. The molecule has 0 amide bonds. The summed E-state index contributed by atoms with van der Waals surface area (Å²) in [6.07, 6.45) is 45.9. The van der Waals surface area contributed by atoms with Gasteiger partial charge in [0, 0.05) is 12.8 Å². The number of phosphoric ester groups is 1. The first-order valence-electron chi connectivity index (χ1n) is 25.8. The number of likely N-dealkylation sites (N-methyl/N-ethyl adjacent to an activating group) is 1. The van der Waals surface area contributed by atoms with E-state index < -0.39 is 26.5 Å². The summed E-state index contributed by atoms with van der Waals surface area (Å²) < 4.78 is 34.4. The normalized spacial score (nSPS) is 13.4. The zero-order valence-electron chi connectivity index (χ0n) is 40.5. The molecule has 0 saturated heterocycles. The van der Waals surface area contributed by atoms with Crippen LogP contribution in [0.2, 0.25) is 0 Å².